The Kier molecular flexibility index (Phi) is 4.57. The zero-order valence-corrected chi connectivity index (χ0v) is 11.9. The topological polar surface area (TPSA) is 84.0 Å². The standard InChI is InChI=1S/C12H20N4O2S/c1-2-4-14-11-7-13-8-12(16-11)15-6-10-3-5-19(17,18)9-10/h7-8,10H,2-6,9H2,1H3,(H2,14,15,16). The molecule has 0 aliphatic carbocycles. The van der Waals surface area contributed by atoms with Crippen molar-refractivity contribution in [2.45, 2.75) is 19.8 Å². The molecule has 1 aliphatic heterocycles. The van der Waals surface area contributed by atoms with Gasteiger partial charge in [-0.3, -0.25) is 4.98 Å². The number of nitrogens with one attached hydrogen (secondary N) is 2. The van der Waals surface area contributed by atoms with Gasteiger partial charge in [0.25, 0.3) is 0 Å². The number of hydrogen-bond acceptors (Lipinski definition) is 6. The van der Waals surface area contributed by atoms with Crippen LogP contribution in [0.1, 0.15) is 19.8 Å². The molecular formula is C12H20N4O2S. The zero-order valence-electron chi connectivity index (χ0n) is 11.1. The second-order valence-electron chi connectivity index (χ2n) is 4.87. The van der Waals surface area contributed by atoms with Crippen molar-refractivity contribution in [3.05, 3.63) is 12.4 Å². The molecule has 1 fully saturated rings. The number of rotatable bonds is 6. The lowest BCUT2D eigenvalue weighted by molar-refractivity contribution is 0.595. The van der Waals surface area contributed by atoms with Gasteiger partial charge in [0.2, 0.25) is 0 Å². The Labute approximate surface area is 114 Å². The molecule has 0 spiro atoms. The first-order chi connectivity index (χ1) is 9.09. The van der Waals surface area contributed by atoms with Crippen LogP contribution in [0.25, 0.3) is 0 Å². The molecule has 0 aromatic carbocycles. The molecule has 19 heavy (non-hydrogen) atoms. The van der Waals surface area contributed by atoms with Crippen molar-refractivity contribution in [1.82, 2.24) is 9.97 Å². The summed E-state index contributed by atoms with van der Waals surface area (Å²) in [6, 6.07) is 0. The summed E-state index contributed by atoms with van der Waals surface area (Å²) in [5, 5.41) is 6.33. The first-order valence-electron chi connectivity index (χ1n) is 6.59. The van der Waals surface area contributed by atoms with Crippen LogP contribution in [0, 0.1) is 5.92 Å². The first-order valence-corrected chi connectivity index (χ1v) is 8.41. The summed E-state index contributed by atoms with van der Waals surface area (Å²) >= 11 is 0. The van der Waals surface area contributed by atoms with E-state index in [0.29, 0.717) is 18.1 Å². The van der Waals surface area contributed by atoms with Crippen LogP contribution >= 0.6 is 0 Å². The summed E-state index contributed by atoms with van der Waals surface area (Å²) in [4.78, 5) is 8.48. The van der Waals surface area contributed by atoms with Crippen molar-refractivity contribution in [1.29, 1.82) is 0 Å². The van der Waals surface area contributed by atoms with E-state index in [1.807, 2.05) is 0 Å². The fourth-order valence-electron chi connectivity index (χ4n) is 2.07. The quantitative estimate of drug-likeness (QED) is 0.815. The van der Waals surface area contributed by atoms with Gasteiger partial charge in [0.15, 0.2) is 9.84 Å². The Bertz CT molecular complexity index is 518. The molecule has 1 aromatic heterocycles. The smallest absolute Gasteiger partial charge is 0.150 e. The van der Waals surface area contributed by atoms with Gasteiger partial charge in [-0.05, 0) is 18.8 Å². The molecule has 0 radical (unpaired) electrons. The van der Waals surface area contributed by atoms with Crippen molar-refractivity contribution >= 4 is 21.5 Å². The lowest BCUT2D eigenvalue weighted by Crippen LogP contribution is -2.16. The molecule has 2 rings (SSSR count). The number of nitrogens with zero attached hydrogens (tertiary/aromatic N) is 2. The Morgan fingerprint density at radius 3 is 2.68 bits per heavy atom. The maximum Gasteiger partial charge on any atom is 0.150 e. The van der Waals surface area contributed by atoms with Gasteiger partial charge in [-0.1, -0.05) is 6.92 Å². The van der Waals surface area contributed by atoms with E-state index in [0.717, 1.165) is 25.2 Å². The lowest BCUT2D eigenvalue weighted by Gasteiger charge is -2.11. The highest BCUT2D eigenvalue weighted by Gasteiger charge is 2.27. The molecule has 0 saturated carbocycles. The minimum absolute atomic E-state index is 0.180. The van der Waals surface area contributed by atoms with E-state index in [2.05, 4.69) is 27.5 Å². The maximum atomic E-state index is 11.4. The summed E-state index contributed by atoms with van der Waals surface area (Å²) in [6.45, 7) is 3.58. The van der Waals surface area contributed by atoms with Gasteiger partial charge in [-0.2, -0.15) is 0 Å². The Hall–Kier alpha value is -1.37. The van der Waals surface area contributed by atoms with Gasteiger partial charge in [0, 0.05) is 13.1 Å². The van der Waals surface area contributed by atoms with Crippen LogP contribution in [0.2, 0.25) is 0 Å². The average molecular weight is 284 g/mol. The van der Waals surface area contributed by atoms with E-state index in [4.69, 9.17) is 0 Å². The molecule has 7 heteroatoms. The maximum absolute atomic E-state index is 11.4. The van der Waals surface area contributed by atoms with E-state index in [1.54, 1.807) is 12.4 Å². The molecule has 106 valence electrons. The summed E-state index contributed by atoms with van der Waals surface area (Å²) in [7, 11) is -2.81. The molecule has 1 atom stereocenters. The molecule has 0 amide bonds. The second kappa shape index (κ2) is 6.18. The number of aromatic nitrogens is 2. The van der Waals surface area contributed by atoms with Gasteiger partial charge in [-0.25, -0.2) is 13.4 Å². The summed E-state index contributed by atoms with van der Waals surface area (Å²) < 4.78 is 22.7. The fourth-order valence-corrected chi connectivity index (χ4v) is 3.93. The van der Waals surface area contributed by atoms with Crippen LogP contribution in [-0.2, 0) is 9.84 Å². The van der Waals surface area contributed by atoms with Crippen molar-refractivity contribution in [2.24, 2.45) is 5.92 Å². The van der Waals surface area contributed by atoms with Crippen LogP contribution in [0.15, 0.2) is 12.4 Å². The van der Waals surface area contributed by atoms with E-state index < -0.39 is 9.84 Å². The lowest BCUT2D eigenvalue weighted by atomic mass is 10.1. The number of sulfone groups is 1. The summed E-state index contributed by atoms with van der Waals surface area (Å²) in [6.07, 6.45) is 5.09. The fraction of sp³-hybridized carbons (Fsp3) is 0.667. The van der Waals surface area contributed by atoms with Crippen molar-refractivity contribution in [3.8, 4) is 0 Å². The third kappa shape index (κ3) is 4.34. The summed E-state index contributed by atoms with van der Waals surface area (Å²) in [5.74, 6) is 2.19. The SMILES string of the molecule is CCCNc1cncc(NCC2CCS(=O)(=O)C2)n1. The number of hydrogen-bond donors (Lipinski definition) is 2. The van der Waals surface area contributed by atoms with Crippen LogP contribution < -0.4 is 10.6 Å². The predicted molar refractivity (Wildman–Crippen MR) is 76.1 cm³/mol. The van der Waals surface area contributed by atoms with Crippen LogP contribution in [0.4, 0.5) is 11.6 Å². The van der Waals surface area contributed by atoms with Crippen molar-refractivity contribution in [3.63, 3.8) is 0 Å². The van der Waals surface area contributed by atoms with E-state index in [-0.39, 0.29) is 11.7 Å². The van der Waals surface area contributed by atoms with Gasteiger partial charge >= 0.3 is 0 Å². The third-order valence-electron chi connectivity index (χ3n) is 3.09. The second-order valence-corrected chi connectivity index (χ2v) is 7.10. The predicted octanol–water partition coefficient (Wildman–Crippen LogP) is 1.15. The number of anilines is 2. The molecule has 6 nitrogen and oxygen atoms in total. The van der Waals surface area contributed by atoms with Gasteiger partial charge in [0.1, 0.15) is 11.6 Å². The molecule has 0 bridgehead atoms. The molecular weight excluding hydrogens is 264 g/mol. The normalized spacial score (nSPS) is 21.2. The Morgan fingerprint density at radius 2 is 2.05 bits per heavy atom. The van der Waals surface area contributed by atoms with Crippen LogP contribution in [-0.4, -0.2) is 43.0 Å². The van der Waals surface area contributed by atoms with Crippen LogP contribution in [0.5, 0.6) is 0 Å². The van der Waals surface area contributed by atoms with Gasteiger partial charge < -0.3 is 10.6 Å². The van der Waals surface area contributed by atoms with E-state index in [9.17, 15) is 8.42 Å². The highest BCUT2D eigenvalue weighted by atomic mass is 32.2. The minimum Gasteiger partial charge on any atom is -0.369 e. The van der Waals surface area contributed by atoms with Crippen LogP contribution in [0.3, 0.4) is 0 Å². The molecule has 1 saturated heterocycles. The first kappa shape index (κ1) is 14.0. The molecule has 1 unspecified atom stereocenters. The molecule has 1 aliphatic rings. The van der Waals surface area contributed by atoms with E-state index >= 15 is 0 Å². The van der Waals surface area contributed by atoms with Gasteiger partial charge in [-0.15, -0.1) is 0 Å². The third-order valence-corrected chi connectivity index (χ3v) is 4.93. The average Bonchev–Trinajstić information content (AvgIpc) is 2.74. The van der Waals surface area contributed by atoms with Gasteiger partial charge in [0.05, 0.1) is 23.9 Å². The zero-order chi connectivity index (χ0) is 13.7. The Balaban J connectivity index is 1.86. The van der Waals surface area contributed by atoms with Crippen molar-refractivity contribution < 1.29 is 8.42 Å². The monoisotopic (exact) mass is 284 g/mol. The van der Waals surface area contributed by atoms with Crippen molar-refractivity contribution in [2.75, 3.05) is 35.2 Å². The molecule has 2 heterocycles. The summed E-state index contributed by atoms with van der Waals surface area (Å²) in [5.41, 5.74) is 0. The van der Waals surface area contributed by atoms with E-state index in [1.165, 1.54) is 0 Å². The highest BCUT2D eigenvalue weighted by molar-refractivity contribution is 7.91. The Morgan fingerprint density at radius 1 is 1.32 bits per heavy atom. The molecule has 1 aromatic rings. The minimum atomic E-state index is -2.81. The largest absolute Gasteiger partial charge is 0.369 e. The highest BCUT2D eigenvalue weighted by Crippen LogP contribution is 2.18. The molecule has 2 N–H and O–H groups in total.